The minimum Gasteiger partial charge on any atom is -0.302 e. The van der Waals surface area contributed by atoms with E-state index in [2.05, 4.69) is 34.3 Å². The molecule has 1 N–H and O–H groups in total. The maximum absolute atomic E-state index is 6.16. The highest BCUT2D eigenvalue weighted by Gasteiger charge is 2.23. The summed E-state index contributed by atoms with van der Waals surface area (Å²) < 4.78 is 0. The van der Waals surface area contributed by atoms with Crippen LogP contribution in [-0.4, -0.2) is 15.7 Å². The van der Waals surface area contributed by atoms with Gasteiger partial charge in [0.05, 0.1) is 11.4 Å². The van der Waals surface area contributed by atoms with E-state index in [9.17, 15) is 0 Å². The van der Waals surface area contributed by atoms with Crippen LogP contribution in [0.1, 0.15) is 42.4 Å². The predicted octanol–water partition coefficient (Wildman–Crippen LogP) is 4.33. The van der Waals surface area contributed by atoms with E-state index in [0.29, 0.717) is 6.04 Å². The zero-order valence-electron chi connectivity index (χ0n) is 12.1. The molecule has 2 atom stereocenters. The number of nitrogens with one attached hydrogen (secondary N) is 1. The fourth-order valence-electron chi connectivity index (χ4n) is 2.76. The van der Waals surface area contributed by atoms with E-state index in [-0.39, 0.29) is 6.04 Å². The van der Waals surface area contributed by atoms with E-state index < -0.39 is 0 Å². The lowest BCUT2D eigenvalue weighted by molar-refractivity contribution is 0.441. The molecule has 110 valence electrons. The number of thioether (sulfide) groups is 1. The van der Waals surface area contributed by atoms with Gasteiger partial charge in [0.1, 0.15) is 0 Å². The molecule has 1 aliphatic heterocycles. The number of fused-ring (bicyclic) bond motifs is 1. The van der Waals surface area contributed by atoms with E-state index in [4.69, 9.17) is 11.6 Å². The first-order valence-electron chi connectivity index (χ1n) is 7.11. The van der Waals surface area contributed by atoms with Gasteiger partial charge in [-0.05, 0) is 49.8 Å². The summed E-state index contributed by atoms with van der Waals surface area (Å²) in [6, 6.07) is 6.65. The number of aryl methyl sites for hydroxylation is 1. The summed E-state index contributed by atoms with van der Waals surface area (Å²) in [5.74, 6) is 1.12. The number of hydrogen-bond acceptors (Lipinski definition) is 4. The minimum absolute atomic E-state index is 0.165. The Labute approximate surface area is 134 Å². The number of aromatic nitrogens is 2. The van der Waals surface area contributed by atoms with Crippen LogP contribution in [0.3, 0.4) is 0 Å². The van der Waals surface area contributed by atoms with E-state index in [0.717, 1.165) is 28.6 Å². The minimum atomic E-state index is 0.165. The van der Waals surface area contributed by atoms with Gasteiger partial charge in [0, 0.05) is 34.4 Å². The molecule has 3 rings (SSSR count). The summed E-state index contributed by atoms with van der Waals surface area (Å²) in [6.07, 6.45) is 4.58. The number of rotatable bonds is 3. The van der Waals surface area contributed by atoms with Crippen molar-refractivity contribution < 1.29 is 0 Å². The molecular formula is C16H18ClN3S. The molecule has 2 heterocycles. The highest BCUT2D eigenvalue weighted by Crippen LogP contribution is 2.38. The van der Waals surface area contributed by atoms with Crippen LogP contribution in [-0.2, 0) is 0 Å². The fourth-order valence-corrected chi connectivity index (χ4v) is 4.05. The Hall–Kier alpha value is -1.10. The van der Waals surface area contributed by atoms with Crippen molar-refractivity contribution in [1.29, 1.82) is 0 Å². The van der Waals surface area contributed by atoms with Gasteiger partial charge in [-0.25, -0.2) is 0 Å². The molecule has 0 spiro atoms. The van der Waals surface area contributed by atoms with Crippen LogP contribution in [0, 0.1) is 6.92 Å². The number of hydrogen-bond donors (Lipinski definition) is 1. The van der Waals surface area contributed by atoms with Crippen molar-refractivity contribution in [3.63, 3.8) is 0 Å². The highest BCUT2D eigenvalue weighted by atomic mass is 35.5. The van der Waals surface area contributed by atoms with Crippen LogP contribution in [0.4, 0.5) is 0 Å². The normalized spacial score (nSPS) is 19.1. The molecule has 0 amide bonds. The molecule has 1 aromatic heterocycles. The van der Waals surface area contributed by atoms with Crippen molar-refractivity contribution in [1.82, 2.24) is 15.3 Å². The molecule has 5 heteroatoms. The van der Waals surface area contributed by atoms with Crippen molar-refractivity contribution in [3.05, 3.63) is 52.6 Å². The van der Waals surface area contributed by atoms with Crippen molar-refractivity contribution in [2.45, 2.75) is 37.2 Å². The SMILES string of the molecule is Cc1nccnc1C(C)NC1CCSc2ccc(Cl)cc21. The van der Waals surface area contributed by atoms with E-state index in [1.165, 1.54) is 10.5 Å². The smallest absolute Gasteiger partial charge is 0.0782 e. The lowest BCUT2D eigenvalue weighted by atomic mass is 10.0. The van der Waals surface area contributed by atoms with Gasteiger partial charge in [0.25, 0.3) is 0 Å². The summed E-state index contributed by atoms with van der Waals surface area (Å²) in [6.45, 7) is 4.14. The van der Waals surface area contributed by atoms with Crippen LogP contribution < -0.4 is 5.32 Å². The molecule has 1 aromatic carbocycles. The second-order valence-electron chi connectivity index (χ2n) is 5.29. The number of nitrogens with zero attached hydrogens (tertiary/aromatic N) is 2. The van der Waals surface area contributed by atoms with Gasteiger partial charge in [-0.15, -0.1) is 11.8 Å². The maximum atomic E-state index is 6.16. The van der Waals surface area contributed by atoms with Gasteiger partial charge in [-0.3, -0.25) is 9.97 Å². The zero-order chi connectivity index (χ0) is 14.8. The Morgan fingerprint density at radius 3 is 2.95 bits per heavy atom. The van der Waals surface area contributed by atoms with E-state index >= 15 is 0 Å². The molecule has 0 aliphatic carbocycles. The standard InChI is InChI=1S/C16H18ClN3S/c1-10-16(19-7-6-18-10)11(2)20-14-5-8-21-15-4-3-12(17)9-13(14)15/h3-4,6-7,9,11,14,20H,5,8H2,1-2H3. The maximum Gasteiger partial charge on any atom is 0.0782 e. The summed E-state index contributed by atoms with van der Waals surface area (Å²) >= 11 is 8.06. The van der Waals surface area contributed by atoms with Crippen molar-refractivity contribution in [2.24, 2.45) is 0 Å². The Bertz CT molecular complexity index is 647. The van der Waals surface area contributed by atoms with Crippen molar-refractivity contribution in [2.75, 3.05) is 5.75 Å². The zero-order valence-corrected chi connectivity index (χ0v) is 13.7. The second kappa shape index (κ2) is 6.34. The van der Waals surface area contributed by atoms with E-state index in [1.807, 2.05) is 24.8 Å². The fraction of sp³-hybridized carbons (Fsp3) is 0.375. The van der Waals surface area contributed by atoms with Gasteiger partial charge in [0.2, 0.25) is 0 Å². The Kier molecular flexibility index (Phi) is 4.48. The lowest BCUT2D eigenvalue weighted by Crippen LogP contribution is -2.28. The van der Waals surface area contributed by atoms with Gasteiger partial charge < -0.3 is 5.32 Å². The van der Waals surface area contributed by atoms with E-state index in [1.54, 1.807) is 12.4 Å². The van der Waals surface area contributed by atoms with Crippen LogP contribution in [0.15, 0.2) is 35.5 Å². The monoisotopic (exact) mass is 319 g/mol. The molecule has 21 heavy (non-hydrogen) atoms. The van der Waals surface area contributed by atoms with Crippen molar-refractivity contribution in [3.8, 4) is 0 Å². The number of benzene rings is 1. The quantitative estimate of drug-likeness (QED) is 0.914. The molecule has 2 aromatic rings. The largest absolute Gasteiger partial charge is 0.302 e. The molecule has 0 saturated heterocycles. The average molecular weight is 320 g/mol. The summed E-state index contributed by atoms with van der Waals surface area (Å²) in [5.41, 5.74) is 3.29. The molecule has 1 aliphatic rings. The van der Waals surface area contributed by atoms with Crippen LogP contribution in [0.5, 0.6) is 0 Å². The summed E-state index contributed by atoms with van der Waals surface area (Å²) in [4.78, 5) is 10.1. The average Bonchev–Trinajstić information content (AvgIpc) is 2.48. The highest BCUT2D eigenvalue weighted by molar-refractivity contribution is 7.99. The topological polar surface area (TPSA) is 37.8 Å². The third kappa shape index (κ3) is 3.23. The molecule has 0 radical (unpaired) electrons. The van der Waals surface area contributed by atoms with Crippen LogP contribution in [0.2, 0.25) is 5.02 Å². The van der Waals surface area contributed by atoms with Crippen LogP contribution >= 0.6 is 23.4 Å². The first-order valence-corrected chi connectivity index (χ1v) is 8.47. The second-order valence-corrected chi connectivity index (χ2v) is 6.86. The first-order chi connectivity index (χ1) is 10.1. The van der Waals surface area contributed by atoms with Gasteiger partial charge in [-0.1, -0.05) is 11.6 Å². The van der Waals surface area contributed by atoms with Gasteiger partial charge >= 0.3 is 0 Å². The molecule has 3 nitrogen and oxygen atoms in total. The number of halogens is 1. The predicted molar refractivity (Wildman–Crippen MR) is 87.9 cm³/mol. The van der Waals surface area contributed by atoms with Gasteiger partial charge in [-0.2, -0.15) is 0 Å². The Morgan fingerprint density at radius 2 is 2.14 bits per heavy atom. The van der Waals surface area contributed by atoms with Gasteiger partial charge in [0.15, 0.2) is 0 Å². The Morgan fingerprint density at radius 1 is 1.33 bits per heavy atom. The molecule has 0 bridgehead atoms. The summed E-state index contributed by atoms with van der Waals surface area (Å²) in [5, 5.41) is 4.48. The van der Waals surface area contributed by atoms with Crippen LogP contribution in [0.25, 0.3) is 0 Å². The molecular weight excluding hydrogens is 302 g/mol. The molecule has 2 unspecified atom stereocenters. The first kappa shape index (κ1) is 14.8. The Balaban J connectivity index is 1.83. The third-order valence-electron chi connectivity index (χ3n) is 3.79. The summed E-state index contributed by atoms with van der Waals surface area (Å²) in [7, 11) is 0. The third-order valence-corrected chi connectivity index (χ3v) is 5.15. The molecule has 0 fully saturated rings. The molecule has 0 saturated carbocycles. The lowest BCUT2D eigenvalue weighted by Gasteiger charge is -2.29. The van der Waals surface area contributed by atoms with Crippen molar-refractivity contribution >= 4 is 23.4 Å².